The van der Waals surface area contributed by atoms with Gasteiger partial charge in [-0.15, -0.1) is 0 Å². The number of hydrogen-bond donors (Lipinski definition) is 1. The first-order valence-electron chi connectivity index (χ1n) is 5.38. The van der Waals surface area contributed by atoms with Gasteiger partial charge in [0, 0.05) is 26.1 Å². The lowest BCUT2D eigenvalue weighted by Crippen LogP contribution is -2.32. The van der Waals surface area contributed by atoms with Crippen LogP contribution in [0.15, 0.2) is 6.07 Å². The normalized spacial score (nSPS) is 13.1. The quantitative estimate of drug-likeness (QED) is 0.786. The second-order valence-electron chi connectivity index (χ2n) is 4.34. The van der Waals surface area contributed by atoms with E-state index in [2.05, 4.69) is 30.0 Å². The number of aromatic nitrogens is 2. The van der Waals surface area contributed by atoms with E-state index in [-0.39, 0.29) is 0 Å². The van der Waals surface area contributed by atoms with Crippen molar-refractivity contribution in [3.63, 3.8) is 0 Å². The van der Waals surface area contributed by atoms with Crippen LogP contribution in [-0.4, -0.2) is 32.8 Å². The Labute approximate surface area is 102 Å². The summed E-state index contributed by atoms with van der Waals surface area (Å²) in [7, 11) is 4.04. The molecule has 0 radical (unpaired) electrons. The first-order valence-corrected chi connectivity index (χ1v) is 5.79. The lowest BCUT2D eigenvalue weighted by molar-refractivity contribution is 0.249. The largest absolute Gasteiger partial charge is 0.393 e. The maximum absolute atomic E-state index is 5.55. The highest BCUT2D eigenvalue weighted by atomic mass is 32.1. The van der Waals surface area contributed by atoms with Gasteiger partial charge in [-0.05, 0) is 27.0 Å². The molecule has 16 heavy (non-hydrogen) atoms. The zero-order valence-corrected chi connectivity index (χ0v) is 11.2. The summed E-state index contributed by atoms with van der Waals surface area (Å²) in [5, 5.41) is 4.32. The lowest BCUT2D eigenvalue weighted by Gasteiger charge is -2.24. The first kappa shape index (κ1) is 13.1. The molecule has 0 spiro atoms. The molecule has 1 rings (SSSR count). The molecule has 1 unspecified atom stereocenters. The Morgan fingerprint density at radius 1 is 1.69 bits per heavy atom. The van der Waals surface area contributed by atoms with Gasteiger partial charge in [0.1, 0.15) is 0 Å². The van der Waals surface area contributed by atoms with Gasteiger partial charge in [-0.3, -0.25) is 9.58 Å². The number of aryl methyl sites for hydroxylation is 2. The highest BCUT2D eigenvalue weighted by molar-refractivity contribution is 7.80. The Bertz CT molecular complexity index is 372. The zero-order valence-electron chi connectivity index (χ0n) is 10.4. The monoisotopic (exact) mass is 240 g/mol. The van der Waals surface area contributed by atoms with E-state index in [9.17, 15) is 0 Å². The fourth-order valence-corrected chi connectivity index (χ4v) is 1.91. The topological polar surface area (TPSA) is 47.1 Å². The minimum absolute atomic E-state index is 0.354. The summed E-state index contributed by atoms with van der Waals surface area (Å²) < 4.78 is 1.92. The Morgan fingerprint density at radius 3 is 2.75 bits per heavy atom. The van der Waals surface area contributed by atoms with Crippen LogP contribution in [0.1, 0.15) is 24.7 Å². The van der Waals surface area contributed by atoms with Crippen LogP contribution in [0.5, 0.6) is 0 Å². The summed E-state index contributed by atoms with van der Waals surface area (Å²) in [6.45, 7) is 4.99. The molecule has 1 atom stereocenters. The van der Waals surface area contributed by atoms with E-state index in [0.29, 0.717) is 11.0 Å². The van der Waals surface area contributed by atoms with E-state index in [1.165, 1.54) is 5.69 Å². The van der Waals surface area contributed by atoms with E-state index in [1.54, 1.807) is 0 Å². The zero-order chi connectivity index (χ0) is 12.3. The molecule has 1 aromatic rings. The van der Waals surface area contributed by atoms with E-state index in [0.717, 1.165) is 18.7 Å². The van der Waals surface area contributed by atoms with E-state index in [1.807, 2.05) is 18.7 Å². The molecule has 0 saturated heterocycles. The van der Waals surface area contributed by atoms with Crippen LogP contribution < -0.4 is 5.73 Å². The van der Waals surface area contributed by atoms with Crippen molar-refractivity contribution in [2.75, 3.05) is 7.05 Å². The van der Waals surface area contributed by atoms with Gasteiger partial charge in [-0.2, -0.15) is 5.10 Å². The highest BCUT2D eigenvalue weighted by Crippen LogP contribution is 2.09. The van der Waals surface area contributed by atoms with Gasteiger partial charge >= 0.3 is 0 Å². The molecule has 0 aromatic carbocycles. The molecule has 1 heterocycles. The summed E-state index contributed by atoms with van der Waals surface area (Å²) in [4.78, 5) is 2.80. The third-order valence-electron chi connectivity index (χ3n) is 2.76. The van der Waals surface area contributed by atoms with Gasteiger partial charge in [0.05, 0.1) is 16.4 Å². The Hall–Kier alpha value is -0.940. The standard InChI is InChI=1S/C11H20N4S/c1-8-5-10(15(4)13-8)7-14(3)9(2)6-11(12)16/h5,9H,6-7H2,1-4H3,(H2,12,16). The van der Waals surface area contributed by atoms with Crippen LogP contribution in [-0.2, 0) is 13.6 Å². The maximum Gasteiger partial charge on any atom is 0.0742 e. The summed E-state index contributed by atoms with van der Waals surface area (Å²) in [6, 6.07) is 2.46. The van der Waals surface area contributed by atoms with E-state index >= 15 is 0 Å². The SMILES string of the molecule is Cc1cc(CN(C)C(C)CC(N)=S)n(C)n1. The molecule has 0 bridgehead atoms. The van der Waals surface area contributed by atoms with Crippen molar-refractivity contribution >= 4 is 17.2 Å². The number of hydrogen-bond acceptors (Lipinski definition) is 3. The van der Waals surface area contributed by atoms with Crippen molar-refractivity contribution in [2.45, 2.75) is 32.9 Å². The average molecular weight is 240 g/mol. The van der Waals surface area contributed by atoms with Crippen molar-refractivity contribution in [3.8, 4) is 0 Å². The van der Waals surface area contributed by atoms with Crippen LogP contribution >= 0.6 is 12.2 Å². The highest BCUT2D eigenvalue weighted by Gasteiger charge is 2.12. The molecular weight excluding hydrogens is 220 g/mol. The molecule has 0 saturated carbocycles. The number of nitrogens with two attached hydrogens (primary N) is 1. The predicted molar refractivity (Wildman–Crippen MR) is 70.3 cm³/mol. The molecule has 90 valence electrons. The fraction of sp³-hybridized carbons (Fsp3) is 0.636. The van der Waals surface area contributed by atoms with Crippen LogP contribution in [0, 0.1) is 6.92 Å². The van der Waals surface area contributed by atoms with Crippen LogP contribution in [0.4, 0.5) is 0 Å². The summed E-state index contributed by atoms with van der Waals surface area (Å²) >= 11 is 4.92. The Morgan fingerprint density at radius 2 is 2.31 bits per heavy atom. The molecule has 4 nitrogen and oxygen atoms in total. The fourth-order valence-electron chi connectivity index (χ4n) is 1.67. The van der Waals surface area contributed by atoms with Gasteiger partial charge < -0.3 is 5.73 Å². The van der Waals surface area contributed by atoms with Crippen molar-refractivity contribution in [1.82, 2.24) is 14.7 Å². The predicted octanol–water partition coefficient (Wildman–Crippen LogP) is 1.23. The molecule has 0 aliphatic rings. The number of thiocarbonyl (C=S) groups is 1. The van der Waals surface area contributed by atoms with Gasteiger partial charge in [0.2, 0.25) is 0 Å². The Kier molecular flexibility index (Phi) is 4.44. The first-order chi connectivity index (χ1) is 7.40. The molecule has 0 fully saturated rings. The molecule has 1 aromatic heterocycles. The minimum Gasteiger partial charge on any atom is -0.393 e. The molecule has 0 amide bonds. The van der Waals surface area contributed by atoms with Crippen molar-refractivity contribution in [1.29, 1.82) is 0 Å². The summed E-state index contributed by atoms with van der Waals surface area (Å²) in [5.74, 6) is 0. The average Bonchev–Trinajstić information content (AvgIpc) is 2.43. The molecule has 2 N–H and O–H groups in total. The second kappa shape index (κ2) is 5.41. The van der Waals surface area contributed by atoms with Crippen LogP contribution in [0.2, 0.25) is 0 Å². The van der Waals surface area contributed by atoms with Crippen molar-refractivity contribution in [2.24, 2.45) is 12.8 Å². The summed E-state index contributed by atoms with van der Waals surface area (Å²) in [6.07, 6.45) is 0.753. The number of rotatable bonds is 5. The van der Waals surface area contributed by atoms with Crippen LogP contribution in [0.25, 0.3) is 0 Å². The Balaban J connectivity index is 2.60. The van der Waals surface area contributed by atoms with E-state index < -0.39 is 0 Å². The second-order valence-corrected chi connectivity index (χ2v) is 4.86. The third-order valence-corrected chi connectivity index (χ3v) is 2.93. The van der Waals surface area contributed by atoms with Gasteiger partial charge in [0.15, 0.2) is 0 Å². The van der Waals surface area contributed by atoms with E-state index in [4.69, 9.17) is 18.0 Å². The molecular formula is C11H20N4S. The molecule has 0 aliphatic heterocycles. The molecule has 5 heteroatoms. The van der Waals surface area contributed by atoms with Crippen molar-refractivity contribution < 1.29 is 0 Å². The summed E-state index contributed by atoms with van der Waals surface area (Å²) in [5.41, 5.74) is 7.80. The third kappa shape index (κ3) is 3.57. The minimum atomic E-state index is 0.354. The molecule has 0 aliphatic carbocycles. The smallest absolute Gasteiger partial charge is 0.0742 e. The van der Waals surface area contributed by atoms with Gasteiger partial charge in [0.25, 0.3) is 0 Å². The lowest BCUT2D eigenvalue weighted by atomic mass is 10.2. The van der Waals surface area contributed by atoms with Gasteiger partial charge in [-0.25, -0.2) is 0 Å². The van der Waals surface area contributed by atoms with Crippen LogP contribution in [0.3, 0.4) is 0 Å². The van der Waals surface area contributed by atoms with Gasteiger partial charge in [-0.1, -0.05) is 12.2 Å². The number of nitrogens with zero attached hydrogens (tertiary/aromatic N) is 3. The van der Waals surface area contributed by atoms with Crippen molar-refractivity contribution in [3.05, 3.63) is 17.5 Å². The maximum atomic E-state index is 5.55.